The zero-order chi connectivity index (χ0) is 18.1. The number of carbonyl (C=O) groups excluding carboxylic acids is 2. The summed E-state index contributed by atoms with van der Waals surface area (Å²) in [4.78, 5) is 28.9. The van der Waals surface area contributed by atoms with Crippen LogP contribution in [0.4, 0.5) is 4.79 Å². The molecule has 2 heterocycles. The molecule has 3 aliphatic rings. The quantitative estimate of drug-likeness (QED) is 0.880. The van der Waals surface area contributed by atoms with Gasteiger partial charge in [0.1, 0.15) is 0 Å². The SMILES string of the molecule is O=C(NCc1ccc(Cl)cc1)N1CCCC2(CCC(=O)N(C3CC3)C2)C1. The fourth-order valence-corrected chi connectivity index (χ4v) is 4.50. The van der Waals surface area contributed by atoms with Crippen LogP contribution in [-0.2, 0) is 11.3 Å². The van der Waals surface area contributed by atoms with Crippen LogP contribution in [0.15, 0.2) is 24.3 Å². The molecule has 1 N–H and O–H groups in total. The van der Waals surface area contributed by atoms with Crippen LogP contribution in [-0.4, -0.2) is 47.4 Å². The van der Waals surface area contributed by atoms with Crippen LogP contribution in [0.5, 0.6) is 0 Å². The van der Waals surface area contributed by atoms with Crippen molar-refractivity contribution in [2.24, 2.45) is 5.41 Å². The summed E-state index contributed by atoms with van der Waals surface area (Å²) in [5.41, 5.74) is 1.13. The first-order valence-corrected chi connectivity index (χ1v) is 9.99. The van der Waals surface area contributed by atoms with Crippen molar-refractivity contribution in [1.82, 2.24) is 15.1 Å². The number of rotatable bonds is 3. The third-order valence-corrected chi connectivity index (χ3v) is 6.24. The van der Waals surface area contributed by atoms with Crippen molar-refractivity contribution in [3.05, 3.63) is 34.9 Å². The highest BCUT2D eigenvalue weighted by Gasteiger charge is 2.46. The van der Waals surface area contributed by atoms with Gasteiger partial charge in [-0.2, -0.15) is 0 Å². The van der Waals surface area contributed by atoms with E-state index in [4.69, 9.17) is 11.6 Å². The normalized spacial score (nSPS) is 26.3. The number of likely N-dealkylation sites (tertiary alicyclic amines) is 2. The van der Waals surface area contributed by atoms with Gasteiger partial charge in [0.15, 0.2) is 0 Å². The maximum absolute atomic E-state index is 12.7. The van der Waals surface area contributed by atoms with Gasteiger partial charge < -0.3 is 15.1 Å². The van der Waals surface area contributed by atoms with Gasteiger partial charge in [-0.15, -0.1) is 0 Å². The van der Waals surface area contributed by atoms with E-state index in [1.807, 2.05) is 29.2 Å². The van der Waals surface area contributed by atoms with Crippen molar-refractivity contribution in [2.75, 3.05) is 19.6 Å². The number of halogens is 1. The number of piperidine rings is 2. The summed E-state index contributed by atoms with van der Waals surface area (Å²) in [5.74, 6) is 0.308. The van der Waals surface area contributed by atoms with Crippen LogP contribution in [0, 0.1) is 5.41 Å². The highest BCUT2D eigenvalue weighted by molar-refractivity contribution is 6.30. The lowest BCUT2D eigenvalue weighted by Gasteiger charge is -2.48. The lowest BCUT2D eigenvalue weighted by molar-refractivity contribution is -0.139. The molecule has 1 aromatic carbocycles. The van der Waals surface area contributed by atoms with E-state index >= 15 is 0 Å². The van der Waals surface area contributed by atoms with Gasteiger partial charge in [0.25, 0.3) is 0 Å². The Labute approximate surface area is 159 Å². The molecule has 1 saturated carbocycles. The summed E-state index contributed by atoms with van der Waals surface area (Å²) in [7, 11) is 0. The molecule has 6 heteroatoms. The summed E-state index contributed by atoms with van der Waals surface area (Å²) < 4.78 is 0. The second kappa shape index (κ2) is 7.10. The van der Waals surface area contributed by atoms with Gasteiger partial charge in [0, 0.05) is 49.1 Å². The molecular weight excluding hydrogens is 350 g/mol. The minimum atomic E-state index is -0.00565. The smallest absolute Gasteiger partial charge is 0.317 e. The fourth-order valence-electron chi connectivity index (χ4n) is 4.37. The summed E-state index contributed by atoms with van der Waals surface area (Å²) in [6.07, 6.45) is 5.97. The van der Waals surface area contributed by atoms with Gasteiger partial charge in [-0.3, -0.25) is 4.79 Å². The Hall–Kier alpha value is -1.75. The number of amides is 3. The molecule has 0 aromatic heterocycles. The second-order valence-corrected chi connectivity index (χ2v) is 8.50. The Morgan fingerprint density at radius 1 is 1.19 bits per heavy atom. The molecule has 2 aliphatic heterocycles. The number of hydrogen-bond acceptors (Lipinski definition) is 2. The molecule has 2 saturated heterocycles. The third-order valence-electron chi connectivity index (χ3n) is 5.99. The van der Waals surface area contributed by atoms with Crippen molar-refractivity contribution in [2.45, 2.75) is 51.1 Å². The molecule has 1 unspecified atom stereocenters. The van der Waals surface area contributed by atoms with Crippen LogP contribution in [0.25, 0.3) is 0 Å². The molecule has 1 spiro atoms. The molecule has 1 aromatic rings. The van der Waals surface area contributed by atoms with Crippen LogP contribution in [0.2, 0.25) is 5.02 Å². The molecule has 1 atom stereocenters. The molecule has 26 heavy (non-hydrogen) atoms. The monoisotopic (exact) mass is 375 g/mol. The van der Waals surface area contributed by atoms with Gasteiger partial charge in [-0.1, -0.05) is 23.7 Å². The van der Waals surface area contributed by atoms with E-state index in [9.17, 15) is 9.59 Å². The first-order valence-electron chi connectivity index (χ1n) is 9.61. The maximum Gasteiger partial charge on any atom is 0.317 e. The van der Waals surface area contributed by atoms with Crippen LogP contribution >= 0.6 is 11.6 Å². The summed E-state index contributed by atoms with van der Waals surface area (Å²) in [5, 5.41) is 3.73. The molecule has 0 bridgehead atoms. The summed E-state index contributed by atoms with van der Waals surface area (Å²) in [6.45, 7) is 2.89. The van der Waals surface area contributed by atoms with Crippen molar-refractivity contribution in [3.63, 3.8) is 0 Å². The Bertz CT molecular complexity index is 689. The van der Waals surface area contributed by atoms with Crippen molar-refractivity contribution >= 4 is 23.5 Å². The van der Waals surface area contributed by atoms with Crippen molar-refractivity contribution < 1.29 is 9.59 Å². The maximum atomic E-state index is 12.7. The van der Waals surface area contributed by atoms with E-state index in [1.165, 1.54) is 0 Å². The minimum Gasteiger partial charge on any atom is -0.339 e. The highest BCUT2D eigenvalue weighted by atomic mass is 35.5. The van der Waals surface area contributed by atoms with Gasteiger partial charge in [0.05, 0.1) is 0 Å². The number of nitrogens with one attached hydrogen (secondary N) is 1. The average Bonchev–Trinajstić information content (AvgIpc) is 3.48. The molecule has 140 valence electrons. The van der Waals surface area contributed by atoms with Gasteiger partial charge in [-0.25, -0.2) is 4.79 Å². The number of carbonyl (C=O) groups is 2. The van der Waals surface area contributed by atoms with E-state index in [0.29, 0.717) is 29.9 Å². The Morgan fingerprint density at radius 3 is 2.69 bits per heavy atom. The van der Waals surface area contributed by atoms with E-state index < -0.39 is 0 Å². The van der Waals surface area contributed by atoms with E-state index in [2.05, 4.69) is 10.2 Å². The number of urea groups is 1. The van der Waals surface area contributed by atoms with Gasteiger partial charge >= 0.3 is 6.03 Å². The van der Waals surface area contributed by atoms with Crippen LogP contribution in [0.3, 0.4) is 0 Å². The number of benzene rings is 1. The summed E-state index contributed by atoms with van der Waals surface area (Å²) >= 11 is 5.90. The van der Waals surface area contributed by atoms with Crippen LogP contribution < -0.4 is 5.32 Å². The lowest BCUT2D eigenvalue weighted by atomic mass is 9.73. The Kier molecular flexibility index (Phi) is 4.82. The first kappa shape index (κ1) is 17.7. The zero-order valence-electron chi connectivity index (χ0n) is 15.0. The predicted molar refractivity (Wildman–Crippen MR) is 101 cm³/mol. The highest BCUT2D eigenvalue weighted by Crippen LogP contribution is 2.42. The first-order chi connectivity index (χ1) is 12.5. The minimum absolute atomic E-state index is 0.00565. The lowest BCUT2D eigenvalue weighted by Crippen LogP contribution is -2.56. The molecule has 3 fully saturated rings. The van der Waals surface area contributed by atoms with Crippen molar-refractivity contribution in [1.29, 1.82) is 0 Å². The topological polar surface area (TPSA) is 52.7 Å². The number of nitrogens with zero attached hydrogens (tertiary/aromatic N) is 2. The second-order valence-electron chi connectivity index (χ2n) is 8.06. The standard InChI is InChI=1S/C20H26ClN3O2/c21-16-4-2-15(3-5-16)12-22-19(26)23-11-1-9-20(13-23)10-8-18(25)24(14-20)17-6-7-17/h2-5,17H,1,6-14H2,(H,22,26). The van der Waals surface area contributed by atoms with E-state index in [1.54, 1.807) is 0 Å². The van der Waals surface area contributed by atoms with Crippen molar-refractivity contribution in [3.8, 4) is 0 Å². The van der Waals surface area contributed by atoms with E-state index in [-0.39, 0.29) is 11.4 Å². The third kappa shape index (κ3) is 3.83. The largest absolute Gasteiger partial charge is 0.339 e. The summed E-state index contributed by atoms with van der Waals surface area (Å²) in [6, 6.07) is 8.00. The number of hydrogen-bond donors (Lipinski definition) is 1. The van der Waals surface area contributed by atoms with Gasteiger partial charge in [0.2, 0.25) is 5.91 Å². The van der Waals surface area contributed by atoms with E-state index in [0.717, 1.165) is 57.3 Å². The fraction of sp³-hybridized carbons (Fsp3) is 0.600. The predicted octanol–water partition coefficient (Wildman–Crippen LogP) is 3.42. The Morgan fingerprint density at radius 2 is 1.96 bits per heavy atom. The molecule has 1 aliphatic carbocycles. The molecule has 5 nitrogen and oxygen atoms in total. The average molecular weight is 376 g/mol. The molecular formula is C20H26ClN3O2. The Balaban J connectivity index is 1.36. The molecule has 0 radical (unpaired) electrons. The van der Waals surface area contributed by atoms with Gasteiger partial charge in [-0.05, 0) is 49.8 Å². The zero-order valence-corrected chi connectivity index (χ0v) is 15.8. The molecule has 3 amide bonds. The molecule has 4 rings (SSSR count). The van der Waals surface area contributed by atoms with Crippen LogP contribution in [0.1, 0.15) is 44.1 Å².